The first-order valence-electron chi connectivity index (χ1n) is 13.8. The first-order valence-corrected chi connectivity index (χ1v) is 16.0. The molecule has 1 aliphatic heterocycles. The lowest BCUT2D eigenvalue weighted by Crippen LogP contribution is -2.35. The normalized spacial score (nSPS) is 15.3. The van der Waals surface area contributed by atoms with Crippen LogP contribution in [-0.4, -0.2) is 64.0 Å². The van der Waals surface area contributed by atoms with Crippen molar-refractivity contribution in [1.82, 2.24) is 24.5 Å². The standard InChI is InChI=1S/C30H30N6O5S2/c1-18(2)41-27-6-4-5-25(32-27)24-17-36(43(39,40)22-10-7-19(3)8-11-22)26-12-9-20(15-23(24)26)28-33-34-29(42-28)35-14-13-21(16-35)31-30(37)38/h4-12,15,17-18,21,31H,13-14,16H2,1-3H3,(H,37,38). The van der Waals surface area contributed by atoms with Crippen LogP contribution in [0.15, 0.2) is 71.8 Å². The highest BCUT2D eigenvalue weighted by molar-refractivity contribution is 7.90. The Morgan fingerprint density at radius 1 is 1.12 bits per heavy atom. The first-order chi connectivity index (χ1) is 20.6. The van der Waals surface area contributed by atoms with Crippen LogP contribution in [0.3, 0.4) is 0 Å². The lowest BCUT2D eigenvalue weighted by atomic mass is 10.1. The van der Waals surface area contributed by atoms with Crippen LogP contribution < -0.4 is 15.0 Å². The molecule has 1 atom stereocenters. The summed E-state index contributed by atoms with van der Waals surface area (Å²) in [5.41, 5.74) is 3.45. The third kappa shape index (κ3) is 5.77. The number of pyridine rings is 1. The summed E-state index contributed by atoms with van der Waals surface area (Å²) in [5.74, 6) is 0.445. The first kappa shape index (κ1) is 28.6. The fourth-order valence-corrected chi connectivity index (χ4v) is 7.36. The molecular weight excluding hydrogens is 589 g/mol. The number of amides is 1. The Morgan fingerprint density at radius 3 is 2.65 bits per heavy atom. The van der Waals surface area contributed by atoms with Crippen LogP contribution in [0.25, 0.3) is 32.7 Å². The summed E-state index contributed by atoms with van der Waals surface area (Å²) in [6.45, 7) is 6.93. The summed E-state index contributed by atoms with van der Waals surface area (Å²) >= 11 is 1.40. The van der Waals surface area contributed by atoms with E-state index in [9.17, 15) is 13.2 Å². The highest BCUT2D eigenvalue weighted by Gasteiger charge is 2.27. The maximum atomic E-state index is 13.9. The van der Waals surface area contributed by atoms with Gasteiger partial charge in [-0.2, -0.15) is 0 Å². The van der Waals surface area contributed by atoms with Crippen molar-refractivity contribution in [3.63, 3.8) is 0 Å². The van der Waals surface area contributed by atoms with Crippen molar-refractivity contribution in [1.29, 1.82) is 0 Å². The van der Waals surface area contributed by atoms with E-state index in [4.69, 9.17) is 9.84 Å². The van der Waals surface area contributed by atoms with Crippen LogP contribution in [0.5, 0.6) is 5.88 Å². The van der Waals surface area contributed by atoms with Crippen molar-refractivity contribution in [2.75, 3.05) is 18.0 Å². The number of nitrogens with one attached hydrogen (secondary N) is 1. The van der Waals surface area contributed by atoms with Crippen molar-refractivity contribution in [3.8, 4) is 27.7 Å². The van der Waals surface area contributed by atoms with Crippen LogP contribution >= 0.6 is 11.3 Å². The van der Waals surface area contributed by atoms with Crippen molar-refractivity contribution < 1.29 is 23.1 Å². The van der Waals surface area contributed by atoms with Crippen LogP contribution in [-0.2, 0) is 10.0 Å². The fraction of sp³-hybridized carbons (Fsp3) is 0.267. The minimum Gasteiger partial charge on any atom is -0.475 e. The fourth-order valence-electron chi connectivity index (χ4n) is 5.12. The van der Waals surface area contributed by atoms with Gasteiger partial charge in [0.1, 0.15) is 5.01 Å². The van der Waals surface area contributed by atoms with Crippen molar-refractivity contribution in [3.05, 3.63) is 72.4 Å². The van der Waals surface area contributed by atoms with E-state index in [2.05, 4.69) is 20.5 Å². The zero-order valence-electron chi connectivity index (χ0n) is 23.8. The van der Waals surface area contributed by atoms with Crippen molar-refractivity contribution in [2.24, 2.45) is 0 Å². The Bertz CT molecular complexity index is 1920. The second-order valence-corrected chi connectivity index (χ2v) is 13.5. The number of ether oxygens (including phenoxy) is 1. The highest BCUT2D eigenvalue weighted by atomic mass is 32.2. The average molecular weight is 619 g/mol. The molecule has 13 heteroatoms. The molecule has 0 aliphatic carbocycles. The number of benzene rings is 2. The molecule has 0 spiro atoms. The van der Waals surface area contributed by atoms with Crippen molar-refractivity contribution in [2.45, 2.75) is 44.2 Å². The number of hydrogen-bond donors (Lipinski definition) is 2. The quantitative estimate of drug-likeness (QED) is 0.234. The van der Waals surface area contributed by atoms with Crippen LogP contribution in [0, 0.1) is 6.92 Å². The monoisotopic (exact) mass is 618 g/mol. The average Bonchev–Trinajstić information content (AvgIpc) is 3.71. The highest BCUT2D eigenvalue weighted by Crippen LogP contribution is 2.37. The summed E-state index contributed by atoms with van der Waals surface area (Å²) in [4.78, 5) is 17.9. The predicted octanol–water partition coefficient (Wildman–Crippen LogP) is 5.40. The molecule has 0 radical (unpaired) electrons. The number of carbonyl (C=O) groups is 1. The molecule has 1 aliphatic rings. The summed E-state index contributed by atoms with van der Waals surface area (Å²) in [7, 11) is -3.92. The number of aryl methyl sites for hydroxylation is 1. The number of rotatable bonds is 8. The second kappa shape index (κ2) is 11.3. The smallest absolute Gasteiger partial charge is 0.404 e. The predicted molar refractivity (Wildman–Crippen MR) is 165 cm³/mol. The van der Waals surface area contributed by atoms with Crippen LogP contribution in [0.4, 0.5) is 9.93 Å². The Kier molecular flexibility index (Phi) is 7.52. The number of aromatic nitrogens is 4. The maximum absolute atomic E-state index is 13.9. The molecule has 43 heavy (non-hydrogen) atoms. The van der Waals surface area contributed by atoms with Gasteiger partial charge in [-0.1, -0.05) is 35.1 Å². The van der Waals surface area contributed by atoms with E-state index >= 15 is 0 Å². The molecule has 0 saturated carbocycles. The van der Waals surface area contributed by atoms with E-state index in [1.807, 2.05) is 49.9 Å². The molecule has 222 valence electrons. The van der Waals surface area contributed by atoms with Crippen LogP contribution in [0.2, 0.25) is 0 Å². The summed E-state index contributed by atoms with van der Waals surface area (Å²) in [6.07, 6.45) is 1.18. The minimum atomic E-state index is -3.92. The zero-order valence-corrected chi connectivity index (χ0v) is 25.4. The molecule has 1 fully saturated rings. The number of fused-ring (bicyclic) bond motifs is 1. The number of carboxylic acid groups (broad SMARTS) is 1. The molecular formula is C30H30N6O5S2. The van der Waals surface area contributed by atoms with E-state index in [1.165, 1.54) is 15.3 Å². The second-order valence-electron chi connectivity index (χ2n) is 10.7. The Morgan fingerprint density at radius 2 is 1.91 bits per heavy atom. The largest absolute Gasteiger partial charge is 0.475 e. The van der Waals surface area contributed by atoms with Gasteiger partial charge in [0.15, 0.2) is 0 Å². The molecule has 0 bridgehead atoms. The number of anilines is 1. The molecule has 1 unspecified atom stereocenters. The van der Waals surface area contributed by atoms with E-state index in [-0.39, 0.29) is 17.0 Å². The Balaban J connectivity index is 1.43. The van der Waals surface area contributed by atoms with Gasteiger partial charge < -0.3 is 20.1 Å². The van der Waals surface area contributed by atoms with Gasteiger partial charge in [-0.3, -0.25) is 0 Å². The van der Waals surface area contributed by atoms with Gasteiger partial charge in [-0.05, 0) is 63.6 Å². The molecule has 4 heterocycles. The Labute approximate surface area is 252 Å². The van der Waals surface area contributed by atoms with Gasteiger partial charge in [0, 0.05) is 41.9 Å². The van der Waals surface area contributed by atoms with Crippen molar-refractivity contribution >= 4 is 43.5 Å². The molecule has 3 aromatic heterocycles. The third-order valence-corrected chi connectivity index (χ3v) is 9.87. The van der Waals surface area contributed by atoms with E-state index in [0.29, 0.717) is 57.7 Å². The number of nitrogens with zero attached hydrogens (tertiary/aromatic N) is 5. The van der Waals surface area contributed by atoms with Gasteiger partial charge in [-0.25, -0.2) is 22.2 Å². The number of hydrogen-bond acceptors (Lipinski definition) is 9. The third-order valence-electron chi connectivity index (χ3n) is 7.15. The van der Waals surface area contributed by atoms with Gasteiger partial charge in [0.05, 0.1) is 28.3 Å². The molecule has 11 nitrogen and oxygen atoms in total. The Hall–Kier alpha value is -4.49. The molecule has 2 N–H and O–H groups in total. The lowest BCUT2D eigenvalue weighted by Gasteiger charge is -2.13. The van der Waals surface area contributed by atoms with E-state index in [1.54, 1.807) is 42.6 Å². The van der Waals surface area contributed by atoms with Gasteiger partial charge in [-0.15, -0.1) is 10.2 Å². The molecule has 2 aromatic carbocycles. The minimum absolute atomic E-state index is 0.0741. The van der Waals surface area contributed by atoms with Gasteiger partial charge >= 0.3 is 6.09 Å². The molecule has 1 saturated heterocycles. The summed E-state index contributed by atoms with van der Waals surface area (Å²) in [5, 5.41) is 22.4. The zero-order chi connectivity index (χ0) is 30.3. The van der Waals surface area contributed by atoms with Gasteiger partial charge in [0.2, 0.25) is 11.0 Å². The van der Waals surface area contributed by atoms with E-state index in [0.717, 1.165) is 11.1 Å². The molecule has 6 rings (SSSR count). The topological polar surface area (TPSA) is 140 Å². The van der Waals surface area contributed by atoms with Gasteiger partial charge in [0.25, 0.3) is 10.0 Å². The lowest BCUT2D eigenvalue weighted by molar-refractivity contribution is 0.191. The van der Waals surface area contributed by atoms with E-state index < -0.39 is 16.1 Å². The summed E-state index contributed by atoms with van der Waals surface area (Å²) < 4.78 is 34.9. The molecule has 1 amide bonds. The molecule has 5 aromatic rings. The summed E-state index contributed by atoms with van der Waals surface area (Å²) in [6, 6.07) is 17.6. The van der Waals surface area contributed by atoms with Crippen LogP contribution in [0.1, 0.15) is 25.8 Å². The maximum Gasteiger partial charge on any atom is 0.404 e. The SMILES string of the molecule is Cc1ccc(S(=O)(=O)n2cc(-c3cccc(OC(C)C)n3)c3cc(-c4nnc(N5CCC(NC(=O)O)C5)s4)ccc32)cc1.